The molecule has 0 aliphatic rings. The van der Waals surface area contributed by atoms with Crippen LogP contribution in [0.25, 0.3) is 20.2 Å². The summed E-state index contributed by atoms with van der Waals surface area (Å²) in [7, 11) is 8.46. The van der Waals surface area contributed by atoms with Crippen molar-refractivity contribution in [2.75, 3.05) is 28.2 Å². The SMILES string of the molecule is CC.CC.CN(C)Cc1ccc2c(c1)sc1ccc(CN(C)C)cc12. The third kappa shape index (κ3) is 5.81. The van der Waals surface area contributed by atoms with E-state index in [1.165, 1.54) is 31.3 Å². The minimum Gasteiger partial charge on any atom is -0.305 e. The molecule has 0 saturated carbocycles. The van der Waals surface area contributed by atoms with Gasteiger partial charge in [0.15, 0.2) is 0 Å². The highest BCUT2D eigenvalue weighted by molar-refractivity contribution is 7.25. The fourth-order valence-corrected chi connectivity index (χ4v) is 3.95. The average Bonchev–Trinajstić information content (AvgIpc) is 2.94. The molecule has 3 aromatic rings. The largest absolute Gasteiger partial charge is 0.305 e. The molecule has 1 aromatic heterocycles. The maximum absolute atomic E-state index is 2.35. The van der Waals surface area contributed by atoms with Gasteiger partial charge in [-0.05, 0) is 57.5 Å². The molecular formula is C22H34N2S. The number of hydrogen-bond donors (Lipinski definition) is 0. The summed E-state index contributed by atoms with van der Waals surface area (Å²) < 4.78 is 2.78. The van der Waals surface area contributed by atoms with Crippen LogP contribution in [0, 0.1) is 0 Å². The molecule has 2 nitrogen and oxygen atoms in total. The van der Waals surface area contributed by atoms with E-state index in [1.54, 1.807) is 0 Å². The van der Waals surface area contributed by atoms with Gasteiger partial charge in [0.1, 0.15) is 0 Å². The molecule has 0 radical (unpaired) electrons. The van der Waals surface area contributed by atoms with Crippen molar-refractivity contribution in [1.82, 2.24) is 9.80 Å². The van der Waals surface area contributed by atoms with Gasteiger partial charge in [0, 0.05) is 33.3 Å². The molecule has 0 aliphatic carbocycles. The summed E-state index contributed by atoms with van der Waals surface area (Å²) in [6.07, 6.45) is 0. The van der Waals surface area contributed by atoms with Crippen molar-refractivity contribution in [3.63, 3.8) is 0 Å². The fraction of sp³-hybridized carbons (Fsp3) is 0.455. The van der Waals surface area contributed by atoms with E-state index < -0.39 is 0 Å². The molecule has 0 fully saturated rings. The standard InChI is InChI=1S/C18H22N2S.2C2H6/c1-19(2)11-13-6-8-17-16(9-13)15-7-5-14(12-20(3)4)10-18(15)21-17;2*1-2/h5-10H,11-12H2,1-4H3;2*1-2H3. The number of nitrogens with zero attached hydrogens (tertiary/aromatic N) is 2. The first-order chi connectivity index (χ1) is 12.0. The lowest BCUT2D eigenvalue weighted by molar-refractivity contribution is 0.403. The Morgan fingerprint density at radius 2 is 1.16 bits per heavy atom. The predicted octanol–water partition coefficient (Wildman–Crippen LogP) is 6.23. The first-order valence-electron chi connectivity index (χ1n) is 9.26. The van der Waals surface area contributed by atoms with E-state index >= 15 is 0 Å². The lowest BCUT2D eigenvalue weighted by atomic mass is 10.1. The molecule has 0 spiro atoms. The molecule has 0 atom stereocenters. The third-order valence-corrected chi connectivity index (χ3v) is 4.73. The Hall–Kier alpha value is -1.42. The van der Waals surface area contributed by atoms with E-state index in [0.29, 0.717) is 0 Å². The highest BCUT2D eigenvalue weighted by Crippen LogP contribution is 2.35. The Balaban J connectivity index is 0.000000730. The van der Waals surface area contributed by atoms with Gasteiger partial charge in [0.05, 0.1) is 0 Å². The van der Waals surface area contributed by atoms with E-state index in [-0.39, 0.29) is 0 Å². The maximum Gasteiger partial charge on any atom is 0.0358 e. The molecule has 0 unspecified atom stereocenters. The minimum atomic E-state index is 0.992. The molecule has 3 heteroatoms. The minimum absolute atomic E-state index is 0.992. The molecule has 25 heavy (non-hydrogen) atoms. The van der Waals surface area contributed by atoms with Crippen molar-refractivity contribution < 1.29 is 0 Å². The van der Waals surface area contributed by atoms with E-state index in [1.807, 2.05) is 39.0 Å². The Labute approximate surface area is 158 Å². The van der Waals surface area contributed by atoms with Crippen LogP contribution in [0.15, 0.2) is 36.4 Å². The van der Waals surface area contributed by atoms with Crippen LogP contribution in [0.3, 0.4) is 0 Å². The summed E-state index contributed by atoms with van der Waals surface area (Å²) in [6.45, 7) is 9.99. The van der Waals surface area contributed by atoms with Crippen LogP contribution in [0.5, 0.6) is 0 Å². The quantitative estimate of drug-likeness (QED) is 0.545. The van der Waals surface area contributed by atoms with E-state index in [4.69, 9.17) is 0 Å². The number of thiophene rings is 1. The van der Waals surface area contributed by atoms with Gasteiger partial charge in [-0.1, -0.05) is 45.9 Å². The molecule has 138 valence electrons. The molecular weight excluding hydrogens is 324 g/mol. The highest BCUT2D eigenvalue weighted by Gasteiger charge is 2.07. The summed E-state index contributed by atoms with van der Waals surface area (Å²) >= 11 is 1.90. The van der Waals surface area contributed by atoms with Gasteiger partial charge < -0.3 is 9.80 Å². The summed E-state index contributed by atoms with van der Waals surface area (Å²) in [5.41, 5.74) is 2.76. The number of rotatable bonds is 4. The average molecular weight is 359 g/mol. The normalized spacial score (nSPS) is 10.6. The van der Waals surface area contributed by atoms with Gasteiger partial charge in [0.2, 0.25) is 0 Å². The van der Waals surface area contributed by atoms with Crippen molar-refractivity contribution in [2.45, 2.75) is 40.8 Å². The Bertz CT molecular complexity index is 772. The van der Waals surface area contributed by atoms with Crippen LogP contribution in [-0.4, -0.2) is 38.0 Å². The van der Waals surface area contributed by atoms with Crippen molar-refractivity contribution in [3.8, 4) is 0 Å². The van der Waals surface area contributed by atoms with Gasteiger partial charge in [-0.2, -0.15) is 0 Å². The molecule has 3 rings (SSSR count). The van der Waals surface area contributed by atoms with Crippen LogP contribution >= 0.6 is 11.3 Å². The van der Waals surface area contributed by atoms with Crippen molar-refractivity contribution in [3.05, 3.63) is 47.5 Å². The smallest absolute Gasteiger partial charge is 0.0358 e. The van der Waals surface area contributed by atoms with Crippen LogP contribution in [-0.2, 0) is 13.1 Å². The Morgan fingerprint density at radius 3 is 1.72 bits per heavy atom. The zero-order chi connectivity index (χ0) is 19.0. The van der Waals surface area contributed by atoms with Gasteiger partial charge >= 0.3 is 0 Å². The van der Waals surface area contributed by atoms with E-state index in [9.17, 15) is 0 Å². The molecule has 2 aromatic carbocycles. The summed E-state index contributed by atoms with van der Waals surface area (Å²) in [5.74, 6) is 0. The van der Waals surface area contributed by atoms with Crippen LogP contribution < -0.4 is 0 Å². The first kappa shape index (κ1) is 21.6. The van der Waals surface area contributed by atoms with Gasteiger partial charge in [-0.3, -0.25) is 0 Å². The summed E-state index contributed by atoms with van der Waals surface area (Å²) in [5, 5.41) is 2.78. The lowest BCUT2D eigenvalue weighted by Crippen LogP contribution is -2.10. The maximum atomic E-state index is 2.35. The van der Waals surface area contributed by atoms with Crippen molar-refractivity contribution in [2.24, 2.45) is 0 Å². The molecule has 0 bridgehead atoms. The van der Waals surface area contributed by atoms with E-state index in [2.05, 4.69) is 74.4 Å². The van der Waals surface area contributed by atoms with Crippen molar-refractivity contribution >= 4 is 31.5 Å². The van der Waals surface area contributed by atoms with E-state index in [0.717, 1.165) is 13.1 Å². The molecule has 0 N–H and O–H groups in total. The zero-order valence-electron chi connectivity index (χ0n) is 17.2. The molecule has 1 heterocycles. The van der Waals surface area contributed by atoms with Crippen molar-refractivity contribution in [1.29, 1.82) is 0 Å². The van der Waals surface area contributed by atoms with Gasteiger partial charge in [-0.25, -0.2) is 0 Å². The first-order valence-corrected chi connectivity index (χ1v) is 10.1. The molecule has 0 amide bonds. The Kier molecular flexibility index (Phi) is 9.12. The highest BCUT2D eigenvalue weighted by atomic mass is 32.1. The van der Waals surface area contributed by atoms with Crippen LogP contribution in [0.4, 0.5) is 0 Å². The summed E-state index contributed by atoms with van der Waals surface area (Å²) in [4.78, 5) is 4.43. The second-order valence-corrected chi connectivity index (χ2v) is 7.32. The fourth-order valence-electron chi connectivity index (χ4n) is 2.80. The number of benzene rings is 2. The zero-order valence-corrected chi connectivity index (χ0v) is 18.0. The van der Waals surface area contributed by atoms with Crippen LogP contribution in [0.2, 0.25) is 0 Å². The predicted molar refractivity (Wildman–Crippen MR) is 117 cm³/mol. The second kappa shape index (κ2) is 10.5. The van der Waals surface area contributed by atoms with Gasteiger partial charge in [-0.15, -0.1) is 11.3 Å². The monoisotopic (exact) mass is 358 g/mol. The number of fused-ring (bicyclic) bond motifs is 3. The Morgan fingerprint density at radius 1 is 0.640 bits per heavy atom. The van der Waals surface area contributed by atoms with Crippen LogP contribution in [0.1, 0.15) is 38.8 Å². The second-order valence-electron chi connectivity index (χ2n) is 6.24. The molecule has 0 saturated heterocycles. The third-order valence-electron chi connectivity index (χ3n) is 3.60. The van der Waals surface area contributed by atoms with Gasteiger partial charge in [0.25, 0.3) is 0 Å². The lowest BCUT2D eigenvalue weighted by Gasteiger charge is -2.10. The molecule has 0 aliphatic heterocycles. The number of hydrogen-bond acceptors (Lipinski definition) is 3. The topological polar surface area (TPSA) is 6.48 Å². The summed E-state index contributed by atoms with van der Waals surface area (Å²) in [6, 6.07) is 13.7.